The van der Waals surface area contributed by atoms with E-state index in [1.165, 1.54) is 44.9 Å². The Kier molecular flexibility index (Phi) is 8.78. The van der Waals surface area contributed by atoms with Crippen molar-refractivity contribution in [2.45, 2.75) is 83.7 Å². The third-order valence-corrected chi connectivity index (χ3v) is 6.16. The Morgan fingerprint density at radius 2 is 1.65 bits per heavy atom. The maximum atomic E-state index is 11.3. The molecule has 1 fully saturated rings. The second-order valence-electron chi connectivity index (χ2n) is 6.42. The van der Waals surface area contributed by atoms with Crippen LogP contribution in [0.4, 0.5) is 0 Å². The van der Waals surface area contributed by atoms with Crippen LogP contribution in [-0.4, -0.2) is 31.1 Å². The smallest absolute Gasteiger partial charge is 0.150 e. The fourth-order valence-electron chi connectivity index (χ4n) is 3.07. The second kappa shape index (κ2) is 9.78. The molecule has 0 radical (unpaired) electrons. The topological polar surface area (TPSA) is 54.4 Å². The molecule has 0 aromatic carbocycles. The van der Waals surface area contributed by atoms with Crippen LogP contribution in [0.5, 0.6) is 0 Å². The van der Waals surface area contributed by atoms with E-state index in [1.54, 1.807) is 0 Å². The van der Waals surface area contributed by atoms with E-state index in [0.29, 0.717) is 17.9 Å². The van der Waals surface area contributed by atoms with Crippen LogP contribution < -0.4 is 0 Å². The fourth-order valence-corrected chi connectivity index (χ4v) is 4.95. The fraction of sp³-hybridized carbons (Fsp3) is 1.00. The summed E-state index contributed by atoms with van der Waals surface area (Å²) in [5, 5.41) is 9.96. The van der Waals surface area contributed by atoms with Gasteiger partial charge in [0.25, 0.3) is 0 Å². The molecule has 1 saturated heterocycles. The van der Waals surface area contributed by atoms with Gasteiger partial charge in [-0.2, -0.15) is 0 Å². The van der Waals surface area contributed by atoms with Crippen molar-refractivity contribution in [1.29, 1.82) is 0 Å². The molecule has 0 aromatic heterocycles. The largest absolute Gasteiger partial charge is 0.393 e. The highest BCUT2D eigenvalue weighted by Crippen LogP contribution is 2.24. The Morgan fingerprint density at radius 3 is 2.20 bits per heavy atom. The van der Waals surface area contributed by atoms with E-state index < -0.39 is 9.84 Å². The zero-order chi connectivity index (χ0) is 14.8. The predicted octanol–water partition coefficient (Wildman–Crippen LogP) is 3.70. The van der Waals surface area contributed by atoms with Crippen LogP contribution in [0.3, 0.4) is 0 Å². The Hall–Kier alpha value is -0.0900. The minimum atomic E-state index is -2.79. The molecule has 1 aliphatic rings. The number of hydrogen-bond donors (Lipinski definition) is 1. The van der Waals surface area contributed by atoms with Gasteiger partial charge in [0.1, 0.15) is 0 Å². The number of sulfone groups is 1. The number of aliphatic hydroxyl groups excluding tert-OH is 1. The van der Waals surface area contributed by atoms with Gasteiger partial charge in [0.2, 0.25) is 0 Å². The molecule has 0 bridgehead atoms. The third kappa shape index (κ3) is 8.25. The highest BCUT2D eigenvalue weighted by molar-refractivity contribution is 7.91. The average molecular weight is 304 g/mol. The van der Waals surface area contributed by atoms with Crippen molar-refractivity contribution in [2.75, 3.05) is 11.5 Å². The standard InChI is InChI=1S/C16H32O3S/c1-2-3-4-5-6-7-8-9-10-16(17)13-15-11-12-20(18,19)14-15/h15-17H,2-14H2,1H3. The monoisotopic (exact) mass is 304 g/mol. The second-order valence-corrected chi connectivity index (χ2v) is 8.65. The lowest BCUT2D eigenvalue weighted by Crippen LogP contribution is -2.14. The molecule has 0 saturated carbocycles. The highest BCUT2D eigenvalue weighted by Gasteiger charge is 2.29. The first-order valence-corrected chi connectivity index (χ1v) is 10.2. The van der Waals surface area contributed by atoms with Gasteiger partial charge < -0.3 is 5.11 Å². The van der Waals surface area contributed by atoms with Gasteiger partial charge in [-0.1, -0.05) is 58.3 Å². The molecule has 0 aromatic rings. The molecule has 2 atom stereocenters. The minimum absolute atomic E-state index is 0.198. The molecule has 1 heterocycles. The van der Waals surface area contributed by atoms with E-state index in [9.17, 15) is 13.5 Å². The molecule has 4 heteroatoms. The van der Waals surface area contributed by atoms with E-state index in [4.69, 9.17) is 0 Å². The molecule has 1 rings (SSSR count). The first-order valence-electron chi connectivity index (χ1n) is 8.42. The summed E-state index contributed by atoms with van der Waals surface area (Å²) < 4.78 is 22.7. The summed E-state index contributed by atoms with van der Waals surface area (Å²) >= 11 is 0. The van der Waals surface area contributed by atoms with Crippen molar-refractivity contribution in [3.63, 3.8) is 0 Å². The molecule has 2 unspecified atom stereocenters. The summed E-state index contributed by atoms with van der Waals surface area (Å²) in [6, 6.07) is 0. The first kappa shape index (κ1) is 18.0. The normalized spacial score (nSPS) is 23.0. The van der Waals surface area contributed by atoms with Crippen molar-refractivity contribution in [3.05, 3.63) is 0 Å². The van der Waals surface area contributed by atoms with Gasteiger partial charge in [-0.15, -0.1) is 0 Å². The number of aliphatic hydroxyl groups is 1. The summed E-state index contributed by atoms with van der Waals surface area (Å²) in [7, 11) is -2.79. The van der Waals surface area contributed by atoms with Gasteiger partial charge in [0, 0.05) is 0 Å². The first-order chi connectivity index (χ1) is 9.53. The van der Waals surface area contributed by atoms with Gasteiger partial charge in [-0.05, 0) is 25.2 Å². The van der Waals surface area contributed by atoms with Crippen molar-refractivity contribution >= 4 is 9.84 Å². The number of unbranched alkanes of at least 4 members (excludes halogenated alkanes) is 7. The number of hydrogen-bond acceptors (Lipinski definition) is 3. The summed E-state index contributed by atoms with van der Waals surface area (Å²) in [5.41, 5.74) is 0. The summed E-state index contributed by atoms with van der Waals surface area (Å²) in [4.78, 5) is 0. The molecule has 1 N–H and O–H groups in total. The minimum Gasteiger partial charge on any atom is -0.393 e. The van der Waals surface area contributed by atoms with Crippen molar-refractivity contribution in [2.24, 2.45) is 5.92 Å². The van der Waals surface area contributed by atoms with Crippen LogP contribution in [0.2, 0.25) is 0 Å². The van der Waals surface area contributed by atoms with E-state index in [-0.39, 0.29) is 12.0 Å². The SMILES string of the molecule is CCCCCCCCCCC(O)CC1CCS(=O)(=O)C1. The predicted molar refractivity (Wildman–Crippen MR) is 84.6 cm³/mol. The molecule has 3 nitrogen and oxygen atoms in total. The van der Waals surface area contributed by atoms with Crippen molar-refractivity contribution < 1.29 is 13.5 Å². The Balaban J connectivity index is 1.94. The lowest BCUT2D eigenvalue weighted by atomic mass is 9.97. The maximum Gasteiger partial charge on any atom is 0.150 e. The highest BCUT2D eigenvalue weighted by atomic mass is 32.2. The van der Waals surface area contributed by atoms with Crippen LogP contribution >= 0.6 is 0 Å². The molecular formula is C16H32O3S. The van der Waals surface area contributed by atoms with Gasteiger partial charge in [-0.3, -0.25) is 0 Å². The number of rotatable bonds is 11. The Morgan fingerprint density at radius 1 is 1.05 bits per heavy atom. The van der Waals surface area contributed by atoms with Crippen molar-refractivity contribution in [1.82, 2.24) is 0 Å². The van der Waals surface area contributed by atoms with Crippen LogP contribution in [-0.2, 0) is 9.84 Å². The lowest BCUT2D eigenvalue weighted by molar-refractivity contribution is 0.134. The molecular weight excluding hydrogens is 272 g/mol. The van der Waals surface area contributed by atoms with Gasteiger partial charge in [-0.25, -0.2) is 8.42 Å². The van der Waals surface area contributed by atoms with E-state index in [0.717, 1.165) is 19.3 Å². The maximum absolute atomic E-state index is 11.3. The van der Waals surface area contributed by atoms with Crippen LogP contribution in [0.15, 0.2) is 0 Å². The van der Waals surface area contributed by atoms with Crippen LogP contribution in [0, 0.1) is 5.92 Å². The lowest BCUT2D eigenvalue weighted by Gasteiger charge is -2.14. The van der Waals surface area contributed by atoms with E-state index in [1.807, 2.05) is 0 Å². The average Bonchev–Trinajstić information content (AvgIpc) is 2.72. The molecule has 0 spiro atoms. The van der Waals surface area contributed by atoms with Gasteiger partial charge in [0.05, 0.1) is 17.6 Å². The van der Waals surface area contributed by atoms with Gasteiger partial charge >= 0.3 is 0 Å². The third-order valence-electron chi connectivity index (χ3n) is 4.32. The molecule has 120 valence electrons. The Bertz CT molecular complexity index is 338. The van der Waals surface area contributed by atoms with Crippen LogP contribution in [0.25, 0.3) is 0 Å². The molecule has 0 aliphatic carbocycles. The zero-order valence-corrected chi connectivity index (χ0v) is 13.8. The van der Waals surface area contributed by atoms with Crippen LogP contribution in [0.1, 0.15) is 77.6 Å². The quantitative estimate of drug-likeness (QED) is 0.592. The Labute approximate surface area is 125 Å². The molecule has 0 amide bonds. The van der Waals surface area contributed by atoms with Crippen molar-refractivity contribution in [3.8, 4) is 0 Å². The molecule has 1 aliphatic heterocycles. The molecule has 20 heavy (non-hydrogen) atoms. The summed E-state index contributed by atoms with van der Waals surface area (Å²) in [6.45, 7) is 2.23. The summed E-state index contributed by atoms with van der Waals surface area (Å²) in [6.07, 6.45) is 12.2. The summed E-state index contributed by atoms with van der Waals surface area (Å²) in [5.74, 6) is 0.813. The van der Waals surface area contributed by atoms with Gasteiger partial charge in [0.15, 0.2) is 9.84 Å². The zero-order valence-electron chi connectivity index (χ0n) is 13.0. The van der Waals surface area contributed by atoms with E-state index >= 15 is 0 Å². The van der Waals surface area contributed by atoms with E-state index in [2.05, 4.69) is 6.92 Å².